The van der Waals surface area contributed by atoms with Crippen molar-refractivity contribution in [3.8, 4) is 0 Å². The molecule has 17 heavy (non-hydrogen) atoms. The molecule has 0 heterocycles. The van der Waals surface area contributed by atoms with E-state index in [4.69, 9.17) is 0 Å². The first-order chi connectivity index (χ1) is 7.98. The minimum atomic E-state index is 0.525. The van der Waals surface area contributed by atoms with Crippen LogP contribution in [-0.4, -0.2) is 13.1 Å². The van der Waals surface area contributed by atoms with Gasteiger partial charge in [-0.05, 0) is 67.9 Å². The third kappa shape index (κ3) is 3.05. The maximum atomic E-state index is 3.54. The molecule has 1 N–H and O–H groups in total. The van der Waals surface area contributed by atoms with E-state index in [1.807, 2.05) is 0 Å². The Morgan fingerprint density at radius 1 is 1.18 bits per heavy atom. The highest BCUT2D eigenvalue weighted by atomic mass is 14.9. The standard InChI is InChI=1S/C16H31N/c1-5-17-12-14-11-16(14)9-6-7-13(8-10-16)15(2,3)4/h13-14,17H,5-12H2,1-4H3. The Balaban J connectivity index is 1.85. The van der Waals surface area contributed by atoms with E-state index in [-0.39, 0.29) is 0 Å². The monoisotopic (exact) mass is 237 g/mol. The summed E-state index contributed by atoms with van der Waals surface area (Å²) in [5.74, 6) is 1.96. The van der Waals surface area contributed by atoms with E-state index in [1.165, 1.54) is 45.1 Å². The molecule has 3 unspecified atom stereocenters. The lowest BCUT2D eigenvalue weighted by Crippen LogP contribution is -2.20. The zero-order valence-electron chi connectivity index (χ0n) is 12.3. The quantitative estimate of drug-likeness (QED) is 0.774. The normalized spacial score (nSPS) is 38.1. The van der Waals surface area contributed by atoms with Crippen LogP contribution in [0.3, 0.4) is 0 Å². The number of nitrogens with one attached hydrogen (secondary N) is 1. The molecule has 1 heteroatoms. The summed E-state index contributed by atoms with van der Waals surface area (Å²) in [5.41, 5.74) is 1.29. The van der Waals surface area contributed by atoms with Crippen molar-refractivity contribution < 1.29 is 0 Å². The summed E-state index contributed by atoms with van der Waals surface area (Å²) in [7, 11) is 0. The molecule has 0 aromatic rings. The van der Waals surface area contributed by atoms with Gasteiger partial charge in [-0.2, -0.15) is 0 Å². The molecule has 2 fully saturated rings. The minimum absolute atomic E-state index is 0.525. The molecule has 100 valence electrons. The van der Waals surface area contributed by atoms with Gasteiger partial charge in [0.1, 0.15) is 0 Å². The molecule has 0 bridgehead atoms. The molecule has 1 spiro atoms. The molecule has 2 saturated carbocycles. The molecule has 2 rings (SSSR count). The van der Waals surface area contributed by atoms with Gasteiger partial charge >= 0.3 is 0 Å². The predicted octanol–water partition coefficient (Wildman–Crippen LogP) is 4.23. The highest BCUT2D eigenvalue weighted by Gasteiger charge is 2.53. The van der Waals surface area contributed by atoms with Gasteiger partial charge in [0.25, 0.3) is 0 Å². The zero-order chi connectivity index (χ0) is 12.5. The van der Waals surface area contributed by atoms with Crippen LogP contribution >= 0.6 is 0 Å². The maximum absolute atomic E-state index is 3.54. The molecule has 2 aliphatic rings. The van der Waals surface area contributed by atoms with E-state index in [2.05, 4.69) is 33.0 Å². The Bertz CT molecular complexity index is 253. The van der Waals surface area contributed by atoms with Crippen LogP contribution in [0.4, 0.5) is 0 Å². The molecule has 0 saturated heterocycles. The second-order valence-electron chi connectivity index (χ2n) is 7.56. The number of hydrogen-bond donors (Lipinski definition) is 1. The van der Waals surface area contributed by atoms with Crippen molar-refractivity contribution in [2.75, 3.05) is 13.1 Å². The van der Waals surface area contributed by atoms with Gasteiger partial charge in [-0.25, -0.2) is 0 Å². The minimum Gasteiger partial charge on any atom is -0.317 e. The average Bonchev–Trinajstić information content (AvgIpc) is 2.97. The van der Waals surface area contributed by atoms with Gasteiger partial charge in [0.15, 0.2) is 0 Å². The van der Waals surface area contributed by atoms with Crippen LogP contribution in [0.2, 0.25) is 0 Å². The fraction of sp³-hybridized carbons (Fsp3) is 1.00. The summed E-state index contributed by atoms with van der Waals surface area (Å²) in [4.78, 5) is 0. The Labute approximate surface area is 108 Å². The lowest BCUT2D eigenvalue weighted by molar-refractivity contribution is 0.211. The van der Waals surface area contributed by atoms with Crippen LogP contribution in [0.1, 0.15) is 66.2 Å². The van der Waals surface area contributed by atoms with Crippen molar-refractivity contribution >= 4 is 0 Å². The average molecular weight is 237 g/mol. The lowest BCUT2D eigenvalue weighted by Gasteiger charge is -2.29. The van der Waals surface area contributed by atoms with Crippen LogP contribution in [0.15, 0.2) is 0 Å². The number of rotatable bonds is 3. The van der Waals surface area contributed by atoms with E-state index in [0.29, 0.717) is 5.41 Å². The van der Waals surface area contributed by atoms with Crippen molar-refractivity contribution in [3.05, 3.63) is 0 Å². The zero-order valence-corrected chi connectivity index (χ0v) is 12.3. The molecule has 0 amide bonds. The van der Waals surface area contributed by atoms with Crippen LogP contribution in [0.5, 0.6) is 0 Å². The predicted molar refractivity (Wildman–Crippen MR) is 75.1 cm³/mol. The van der Waals surface area contributed by atoms with E-state index < -0.39 is 0 Å². The summed E-state index contributed by atoms with van der Waals surface area (Å²) in [6, 6.07) is 0. The van der Waals surface area contributed by atoms with Crippen molar-refractivity contribution in [2.24, 2.45) is 22.7 Å². The van der Waals surface area contributed by atoms with Gasteiger partial charge in [0.2, 0.25) is 0 Å². The van der Waals surface area contributed by atoms with E-state index in [0.717, 1.165) is 23.8 Å². The summed E-state index contributed by atoms with van der Waals surface area (Å²) in [6.45, 7) is 11.9. The van der Waals surface area contributed by atoms with Crippen molar-refractivity contribution in [3.63, 3.8) is 0 Å². The molecule has 2 aliphatic carbocycles. The second kappa shape index (κ2) is 4.91. The maximum Gasteiger partial charge on any atom is -0.00151 e. The summed E-state index contributed by atoms with van der Waals surface area (Å²) < 4.78 is 0. The van der Waals surface area contributed by atoms with Gasteiger partial charge in [0.05, 0.1) is 0 Å². The molecular formula is C16H31N. The Morgan fingerprint density at radius 3 is 2.59 bits per heavy atom. The Hall–Kier alpha value is -0.0400. The van der Waals surface area contributed by atoms with E-state index in [9.17, 15) is 0 Å². The molecule has 0 radical (unpaired) electrons. The molecule has 0 aromatic carbocycles. The van der Waals surface area contributed by atoms with Gasteiger partial charge < -0.3 is 5.32 Å². The van der Waals surface area contributed by atoms with E-state index >= 15 is 0 Å². The van der Waals surface area contributed by atoms with Crippen LogP contribution in [0.25, 0.3) is 0 Å². The molecule has 0 aromatic heterocycles. The Kier molecular flexibility index (Phi) is 3.87. The first-order valence-electron chi connectivity index (χ1n) is 7.69. The van der Waals surface area contributed by atoms with Crippen molar-refractivity contribution in [2.45, 2.75) is 66.2 Å². The highest BCUT2D eigenvalue weighted by molar-refractivity contribution is 5.04. The smallest absolute Gasteiger partial charge is 0.00151 e. The molecule has 1 nitrogen and oxygen atoms in total. The summed E-state index contributed by atoms with van der Waals surface area (Å²) in [6.07, 6.45) is 8.95. The lowest BCUT2D eigenvalue weighted by atomic mass is 9.76. The Morgan fingerprint density at radius 2 is 1.94 bits per heavy atom. The van der Waals surface area contributed by atoms with Gasteiger partial charge in [-0.15, -0.1) is 0 Å². The van der Waals surface area contributed by atoms with Gasteiger partial charge in [-0.1, -0.05) is 34.1 Å². The van der Waals surface area contributed by atoms with Crippen LogP contribution in [0, 0.1) is 22.7 Å². The summed E-state index contributed by atoms with van der Waals surface area (Å²) in [5, 5.41) is 3.54. The largest absolute Gasteiger partial charge is 0.317 e. The SMILES string of the molecule is CCNCC1CC12CCCC(C(C)(C)C)CC2. The molecule has 3 atom stereocenters. The third-order valence-electron chi connectivity index (χ3n) is 5.44. The second-order valence-corrected chi connectivity index (χ2v) is 7.56. The van der Waals surface area contributed by atoms with Crippen LogP contribution < -0.4 is 5.32 Å². The van der Waals surface area contributed by atoms with Gasteiger partial charge in [0, 0.05) is 0 Å². The fourth-order valence-electron chi connectivity index (χ4n) is 3.95. The summed E-state index contributed by atoms with van der Waals surface area (Å²) >= 11 is 0. The highest BCUT2D eigenvalue weighted by Crippen LogP contribution is 2.61. The van der Waals surface area contributed by atoms with Crippen molar-refractivity contribution in [1.29, 1.82) is 0 Å². The van der Waals surface area contributed by atoms with E-state index in [1.54, 1.807) is 0 Å². The van der Waals surface area contributed by atoms with Gasteiger partial charge in [-0.3, -0.25) is 0 Å². The first kappa shape index (κ1) is 13.4. The molecule has 0 aliphatic heterocycles. The first-order valence-corrected chi connectivity index (χ1v) is 7.69. The fourth-order valence-corrected chi connectivity index (χ4v) is 3.95. The van der Waals surface area contributed by atoms with Crippen molar-refractivity contribution in [1.82, 2.24) is 5.32 Å². The van der Waals surface area contributed by atoms with Crippen LogP contribution in [-0.2, 0) is 0 Å². The third-order valence-corrected chi connectivity index (χ3v) is 5.44. The number of hydrogen-bond acceptors (Lipinski definition) is 1. The topological polar surface area (TPSA) is 12.0 Å². The molecular weight excluding hydrogens is 206 g/mol.